The lowest BCUT2D eigenvalue weighted by molar-refractivity contribution is -0.174. The molecule has 0 aromatic rings. The predicted octanol–water partition coefficient (Wildman–Crippen LogP) is 0.661. The summed E-state index contributed by atoms with van der Waals surface area (Å²) in [7, 11) is 0. The predicted molar refractivity (Wildman–Crippen MR) is 92.0 cm³/mol. The van der Waals surface area contributed by atoms with Gasteiger partial charge in [-0.1, -0.05) is 41.5 Å². The van der Waals surface area contributed by atoms with Crippen LogP contribution in [0.3, 0.4) is 0 Å². The number of rotatable bonds is 8. The van der Waals surface area contributed by atoms with Gasteiger partial charge in [-0.25, -0.2) is 9.59 Å². The van der Waals surface area contributed by atoms with Gasteiger partial charge in [-0.15, -0.1) is 0 Å². The highest BCUT2D eigenvalue weighted by molar-refractivity contribution is 6.06. The van der Waals surface area contributed by atoms with Crippen molar-refractivity contribution >= 4 is 23.5 Å². The zero-order valence-electron chi connectivity index (χ0n) is 16.5. The van der Waals surface area contributed by atoms with E-state index in [1.807, 2.05) is 0 Å². The smallest absolute Gasteiger partial charge is 0.338 e. The number of esters is 2. The Morgan fingerprint density at radius 2 is 1.12 bits per heavy atom. The van der Waals surface area contributed by atoms with Crippen molar-refractivity contribution in [3.8, 4) is 0 Å². The molecule has 8 heteroatoms. The van der Waals surface area contributed by atoms with Gasteiger partial charge in [0.2, 0.25) is 0 Å². The molecule has 0 aliphatic rings. The van der Waals surface area contributed by atoms with Gasteiger partial charge in [-0.05, 0) is 6.92 Å². The van der Waals surface area contributed by atoms with Gasteiger partial charge in [0.15, 0.2) is 23.8 Å². The molecule has 2 atom stereocenters. The van der Waals surface area contributed by atoms with Crippen molar-refractivity contribution < 1.29 is 38.9 Å². The Hall–Kier alpha value is -1.80. The standard InChI is InChI=1S/C18H30O8/c1-8-25-15(23)11(19)12(20)16(24)26-9-10(13(21)17(2,3)4)14(22)18(5,6)7/h10-12,19-20H,8-9H2,1-7H3. The summed E-state index contributed by atoms with van der Waals surface area (Å²) in [5, 5.41) is 19.3. The minimum atomic E-state index is -2.18. The second-order valence-electron chi connectivity index (χ2n) is 8.05. The molecule has 0 spiro atoms. The minimum absolute atomic E-state index is 0.0418. The molecule has 0 aromatic carbocycles. The zero-order valence-corrected chi connectivity index (χ0v) is 16.5. The molecule has 0 radical (unpaired) electrons. The molecule has 0 saturated carbocycles. The Morgan fingerprint density at radius 1 is 0.769 bits per heavy atom. The largest absolute Gasteiger partial charge is 0.464 e. The van der Waals surface area contributed by atoms with Gasteiger partial charge in [0, 0.05) is 10.8 Å². The van der Waals surface area contributed by atoms with E-state index in [4.69, 9.17) is 4.74 Å². The molecular weight excluding hydrogens is 344 g/mol. The van der Waals surface area contributed by atoms with Gasteiger partial charge < -0.3 is 19.7 Å². The van der Waals surface area contributed by atoms with Crippen LogP contribution in [0.4, 0.5) is 0 Å². The first-order chi connectivity index (χ1) is 11.6. The highest BCUT2D eigenvalue weighted by atomic mass is 16.6. The topological polar surface area (TPSA) is 127 Å². The molecule has 0 heterocycles. The molecule has 0 aliphatic heterocycles. The van der Waals surface area contributed by atoms with Crippen molar-refractivity contribution in [2.75, 3.05) is 13.2 Å². The SMILES string of the molecule is CCOC(=O)C(O)C(O)C(=O)OCC(C(=O)C(C)(C)C)C(=O)C(C)(C)C. The van der Waals surface area contributed by atoms with Crippen molar-refractivity contribution in [3.05, 3.63) is 0 Å². The quantitative estimate of drug-likeness (QED) is 0.468. The van der Waals surface area contributed by atoms with E-state index in [1.165, 1.54) is 6.92 Å². The first-order valence-corrected chi connectivity index (χ1v) is 8.42. The van der Waals surface area contributed by atoms with Crippen molar-refractivity contribution in [2.24, 2.45) is 16.7 Å². The number of hydrogen-bond acceptors (Lipinski definition) is 8. The van der Waals surface area contributed by atoms with Crippen LogP contribution in [-0.4, -0.2) is 59.1 Å². The lowest BCUT2D eigenvalue weighted by Crippen LogP contribution is -2.45. The summed E-state index contributed by atoms with van der Waals surface area (Å²) in [6.45, 7) is 10.7. The normalized spacial score (nSPS) is 14.5. The van der Waals surface area contributed by atoms with Gasteiger partial charge in [0.05, 0.1) is 6.61 Å². The molecule has 0 amide bonds. The second kappa shape index (κ2) is 9.23. The lowest BCUT2D eigenvalue weighted by atomic mass is 9.75. The van der Waals surface area contributed by atoms with Crippen LogP contribution in [0.15, 0.2) is 0 Å². The minimum Gasteiger partial charge on any atom is -0.464 e. The van der Waals surface area contributed by atoms with E-state index >= 15 is 0 Å². The Labute approximate surface area is 153 Å². The van der Waals surface area contributed by atoms with Crippen LogP contribution in [0.25, 0.3) is 0 Å². The summed E-state index contributed by atoms with van der Waals surface area (Å²) in [6.07, 6.45) is -4.29. The van der Waals surface area contributed by atoms with Gasteiger partial charge in [-0.3, -0.25) is 9.59 Å². The van der Waals surface area contributed by atoms with Crippen LogP contribution in [0.2, 0.25) is 0 Å². The van der Waals surface area contributed by atoms with Crippen LogP contribution in [-0.2, 0) is 28.7 Å². The average molecular weight is 374 g/mol. The van der Waals surface area contributed by atoms with E-state index in [0.717, 1.165) is 0 Å². The molecule has 150 valence electrons. The number of Topliss-reactive ketones (excluding diaryl/α,β-unsaturated/α-hetero) is 2. The van der Waals surface area contributed by atoms with Gasteiger partial charge in [0.1, 0.15) is 12.5 Å². The van der Waals surface area contributed by atoms with E-state index in [9.17, 15) is 29.4 Å². The summed E-state index contributed by atoms with van der Waals surface area (Å²) in [6, 6.07) is 0. The monoisotopic (exact) mass is 374 g/mol. The van der Waals surface area contributed by atoms with Crippen LogP contribution >= 0.6 is 0 Å². The molecule has 0 aromatic heterocycles. The van der Waals surface area contributed by atoms with Crippen molar-refractivity contribution in [1.29, 1.82) is 0 Å². The highest BCUT2D eigenvalue weighted by Gasteiger charge is 2.41. The fraction of sp³-hybridized carbons (Fsp3) is 0.778. The number of ether oxygens (including phenoxy) is 2. The van der Waals surface area contributed by atoms with Crippen LogP contribution in [0.5, 0.6) is 0 Å². The molecule has 0 bridgehead atoms. The van der Waals surface area contributed by atoms with E-state index in [-0.39, 0.29) is 6.61 Å². The maximum Gasteiger partial charge on any atom is 0.338 e. The summed E-state index contributed by atoms with van der Waals surface area (Å²) in [5.41, 5.74) is -1.69. The lowest BCUT2D eigenvalue weighted by Gasteiger charge is -2.28. The second-order valence-corrected chi connectivity index (χ2v) is 8.05. The number of aliphatic hydroxyl groups excluding tert-OH is 2. The Morgan fingerprint density at radius 3 is 1.42 bits per heavy atom. The first kappa shape index (κ1) is 24.2. The van der Waals surface area contributed by atoms with Crippen molar-refractivity contribution in [2.45, 2.75) is 60.7 Å². The fourth-order valence-electron chi connectivity index (χ4n) is 2.05. The number of carbonyl (C=O) groups excluding carboxylic acids is 4. The molecule has 2 N–H and O–H groups in total. The average Bonchev–Trinajstić information content (AvgIpc) is 2.51. The van der Waals surface area contributed by atoms with Crippen LogP contribution in [0, 0.1) is 16.7 Å². The van der Waals surface area contributed by atoms with Crippen LogP contribution < -0.4 is 0 Å². The Kier molecular flexibility index (Phi) is 8.59. The van der Waals surface area contributed by atoms with Gasteiger partial charge in [0.25, 0.3) is 0 Å². The maximum absolute atomic E-state index is 12.6. The molecule has 0 aliphatic carbocycles. The highest BCUT2D eigenvalue weighted by Crippen LogP contribution is 2.27. The van der Waals surface area contributed by atoms with E-state index in [2.05, 4.69) is 4.74 Å². The molecule has 0 fully saturated rings. The maximum atomic E-state index is 12.6. The molecule has 2 unspecified atom stereocenters. The number of aliphatic hydroxyl groups is 2. The molecular formula is C18H30O8. The van der Waals surface area contributed by atoms with Crippen LogP contribution in [0.1, 0.15) is 48.5 Å². The van der Waals surface area contributed by atoms with Gasteiger partial charge in [-0.2, -0.15) is 0 Å². The molecule has 0 rings (SSSR count). The zero-order chi connectivity index (χ0) is 20.9. The third kappa shape index (κ3) is 6.84. The summed E-state index contributed by atoms with van der Waals surface area (Å²) in [5.74, 6) is -4.54. The first-order valence-electron chi connectivity index (χ1n) is 8.42. The van der Waals surface area contributed by atoms with Crippen molar-refractivity contribution in [3.63, 3.8) is 0 Å². The van der Waals surface area contributed by atoms with E-state index in [1.54, 1.807) is 41.5 Å². The van der Waals surface area contributed by atoms with E-state index in [0.29, 0.717) is 0 Å². The fourth-order valence-corrected chi connectivity index (χ4v) is 2.05. The van der Waals surface area contributed by atoms with Gasteiger partial charge >= 0.3 is 11.9 Å². The Bertz CT molecular complexity index is 512. The van der Waals surface area contributed by atoms with E-state index < -0.39 is 59.1 Å². The molecule has 8 nitrogen and oxygen atoms in total. The molecule has 0 saturated heterocycles. The molecule has 26 heavy (non-hydrogen) atoms. The summed E-state index contributed by atoms with van der Waals surface area (Å²) >= 11 is 0. The number of ketones is 2. The Balaban J connectivity index is 5.21. The third-order valence-corrected chi connectivity index (χ3v) is 3.57. The third-order valence-electron chi connectivity index (χ3n) is 3.57. The summed E-state index contributed by atoms with van der Waals surface area (Å²) in [4.78, 5) is 48.4. The number of carbonyl (C=O) groups is 4. The number of hydrogen-bond donors (Lipinski definition) is 2. The van der Waals surface area contributed by atoms with Crippen molar-refractivity contribution in [1.82, 2.24) is 0 Å². The summed E-state index contributed by atoms with van der Waals surface area (Å²) < 4.78 is 9.35.